The minimum Gasteiger partial charge on any atom is -0.480 e. The van der Waals surface area contributed by atoms with Gasteiger partial charge in [0.1, 0.15) is 12.2 Å². The molecular formula is C7H11N5O4. The molecule has 0 aliphatic rings. The Hall–Kier alpha value is -2.16. The molecule has 0 fully saturated rings. The lowest BCUT2D eigenvalue weighted by Crippen LogP contribution is -2.47. The zero-order chi connectivity index (χ0) is 12.0. The van der Waals surface area contributed by atoms with E-state index in [1.807, 2.05) is 0 Å². The Kier molecular flexibility index (Phi) is 4.21. The molecule has 0 saturated carbocycles. The van der Waals surface area contributed by atoms with Gasteiger partial charge < -0.3 is 20.8 Å². The molecule has 0 aliphatic heterocycles. The zero-order valence-corrected chi connectivity index (χ0v) is 8.17. The summed E-state index contributed by atoms with van der Waals surface area (Å²) < 4.78 is 0. The van der Waals surface area contributed by atoms with Gasteiger partial charge in [-0.25, -0.2) is 14.6 Å². The molecule has 1 unspecified atom stereocenters. The summed E-state index contributed by atoms with van der Waals surface area (Å²) in [6.45, 7) is -0.589. The number of carboxylic acids is 1. The van der Waals surface area contributed by atoms with Gasteiger partial charge in [-0.1, -0.05) is 0 Å². The van der Waals surface area contributed by atoms with E-state index in [4.69, 9.17) is 10.2 Å². The summed E-state index contributed by atoms with van der Waals surface area (Å²) in [5.41, 5.74) is 0. The number of nitrogens with zero attached hydrogens (tertiary/aromatic N) is 2. The maximum Gasteiger partial charge on any atom is 0.328 e. The van der Waals surface area contributed by atoms with Gasteiger partial charge in [-0.2, -0.15) is 5.10 Å². The first-order valence-electron chi connectivity index (χ1n) is 4.35. The molecule has 2 amide bonds. The summed E-state index contributed by atoms with van der Waals surface area (Å²) in [7, 11) is 0. The number of carbonyl (C=O) groups excluding carboxylic acids is 1. The van der Waals surface area contributed by atoms with E-state index in [2.05, 4.69) is 25.8 Å². The Morgan fingerprint density at radius 1 is 1.56 bits per heavy atom. The first-order valence-corrected chi connectivity index (χ1v) is 4.35. The summed E-state index contributed by atoms with van der Waals surface area (Å²) in [6, 6.07) is -2.03. The van der Waals surface area contributed by atoms with Crippen LogP contribution in [0.3, 0.4) is 0 Å². The third-order valence-electron chi connectivity index (χ3n) is 1.67. The number of aromatic nitrogens is 3. The van der Waals surface area contributed by atoms with Crippen LogP contribution in [0.15, 0.2) is 6.33 Å². The highest BCUT2D eigenvalue weighted by Gasteiger charge is 2.18. The fraction of sp³-hybridized carbons (Fsp3) is 0.429. The third kappa shape index (κ3) is 3.53. The summed E-state index contributed by atoms with van der Waals surface area (Å²) in [5.74, 6) is -0.872. The molecule has 1 rings (SSSR count). The fourth-order valence-corrected chi connectivity index (χ4v) is 0.875. The number of nitrogens with one attached hydrogen (secondary N) is 3. The van der Waals surface area contributed by atoms with Crippen LogP contribution in [0.25, 0.3) is 0 Å². The number of amides is 2. The first kappa shape index (κ1) is 11.9. The van der Waals surface area contributed by atoms with Crippen LogP contribution in [0.2, 0.25) is 0 Å². The number of aliphatic hydroxyl groups excluding tert-OH is 1. The number of urea groups is 1. The number of aliphatic hydroxyl groups is 1. The standard InChI is InChI=1S/C7H11N5O4/c13-2-4(6(14)15)11-7(16)8-1-5-9-3-10-12-5/h3-4,13H,1-2H2,(H,14,15)(H2,8,11,16)(H,9,10,12). The van der Waals surface area contributed by atoms with Gasteiger partial charge in [0.05, 0.1) is 13.2 Å². The molecular weight excluding hydrogens is 218 g/mol. The molecule has 88 valence electrons. The molecule has 1 aromatic rings. The lowest BCUT2D eigenvalue weighted by atomic mass is 10.3. The van der Waals surface area contributed by atoms with Crippen LogP contribution < -0.4 is 10.6 Å². The van der Waals surface area contributed by atoms with Crippen molar-refractivity contribution in [2.24, 2.45) is 0 Å². The van der Waals surface area contributed by atoms with Gasteiger partial charge in [0.25, 0.3) is 0 Å². The van der Waals surface area contributed by atoms with E-state index in [-0.39, 0.29) is 6.54 Å². The number of hydrogen-bond acceptors (Lipinski definition) is 5. The molecule has 9 nitrogen and oxygen atoms in total. The van der Waals surface area contributed by atoms with Gasteiger partial charge in [0.2, 0.25) is 0 Å². The number of carbonyl (C=O) groups is 2. The fourth-order valence-electron chi connectivity index (χ4n) is 0.875. The number of carboxylic acid groups (broad SMARTS) is 1. The van der Waals surface area contributed by atoms with Crippen LogP contribution in [0.5, 0.6) is 0 Å². The van der Waals surface area contributed by atoms with Crippen LogP contribution in [0.1, 0.15) is 5.82 Å². The number of aliphatic carboxylic acids is 1. The van der Waals surface area contributed by atoms with Gasteiger partial charge in [0.15, 0.2) is 6.04 Å². The number of H-pyrrole nitrogens is 1. The third-order valence-corrected chi connectivity index (χ3v) is 1.67. The topological polar surface area (TPSA) is 140 Å². The molecule has 0 aliphatic carbocycles. The average Bonchev–Trinajstić information content (AvgIpc) is 2.75. The second-order valence-corrected chi connectivity index (χ2v) is 2.83. The maximum atomic E-state index is 11.2. The van der Waals surface area contributed by atoms with Crippen molar-refractivity contribution in [1.29, 1.82) is 0 Å². The Labute approximate surface area is 89.9 Å². The molecule has 0 aromatic carbocycles. The van der Waals surface area contributed by atoms with Crippen molar-refractivity contribution in [3.05, 3.63) is 12.2 Å². The van der Waals surface area contributed by atoms with E-state index < -0.39 is 24.6 Å². The molecule has 1 atom stereocenters. The Bertz CT molecular complexity index is 352. The van der Waals surface area contributed by atoms with Crippen molar-refractivity contribution in [2.75, 3.05) is 6.61 Å². The van der Waals surface area contributed by atoms with Crippen molar-refractivity contribution in [2.45, 2.75) is 12.6 Å². The van der Waals surface area contributed by atoms with Gasteiger partial charge >= 0.3 is 12.0 Å². The van der Waals surface area contributed by atoms with E-state index in [1.54, 1.807) is 0 Å². The van der Waals surface area contributed by atoms with Gasteiger partial charge in [-0.05, 0) is 0 Å². The smallest absolute Gasteiger partial charge is 0.328 e. The predicted octanol–water partition coefficient (Wildman–Crippen LogP) is -1.95. The summed E-state index contributed by atoms with van der Waals surface area (Å²) >= 11 is 0. The molecule has 5 N–H and O–H groups in total. The van der Waals surface area contributed by atoms with Crippen LogP contribution in [-0.2, 0) is 11.3 Å². The average molecular weight is 229 g/mol. The van der Waals surface area contributed by atoms with Crippen molar-refractivity contribution in [1.82, 2.24) is 25.8 Å². The predicted molar refractivity (Wildman–Crippen MR) is 50.3 cm³/mol. The summed E-state index contributed by atoms with van der Waals surface area (Å²) in [6.07, 6.45) is 1.28. The minimum atomic E-state index is -1.32. The Balaban J connectivity index is 2.33. The number of rotatable bonds is 5. The molecule has 0 radical (unpaired) electrons. The second-order valence-electron chi connectivity index (χ2n) is 2.83. The van der Waals surface area contributed by atoms with E-state index in [0.29, 0.717) is 5.82 Å². The maximum absolute atomic E-state index is 11.2. The van der Waals surface area contributed by atoms with E-state index in [9.17, 15) is 9.59 Å². The highest BCUT2D eigenvalue weighted by molar-refractivity contribution is 5.82. The molecule has 0 bridgehead atoms. The minimum absolute atomic E-state index is 0.0869. The Morgan fingerprint density at radius 3 is 2.81 bits per heavy atom. The zero-order valence-electron chi connectivity index (χ0n) is 8.17. The number of aromatic amines is 1. The van der Waals surface area contributed by atoms with E-state index in [1.165, 1.54) is 6.33 Å². The number of hydrogen-bond donors (Lipinski definition) is 5. The lowest BCUT2D eigenvalue weighted by molar-refractivity contribution is -0.140. The van der Waals surface area contributed by atoms with Crippen molar-refractivity contribution >= 4 is 12.0 Å². The monoisotopic (exact) mass is 229 g/mol. The largest absolute Gasteiger partial charge is 0.480 e. The van der Waals surface area contributed by atoms with E-state index >= 15 is 0 Å². The van der Waals surface area contributed by atoms with Gasteiger partial charge in [-0.15, -0.1) is 0 Å². The summed E-state index contributed by atoms with van der Waals surface area (Å²) in [4.78, 5) is 25.4. The highest BCUT2D eigenvalue weighted by Crippen LogP contribution is 1.85. The molecule has 1 aromatic heterocycles. The van der Waals surface area contributed by atoms with Crippen molar-refractivity contribution in [3.8, 4) is 0 Å². The van der Waals surface area contributed by atoms with Crippen LogP contribution in [-0.4, -0.2) is 50.0 Å². The van der Waals surface area contributed by atoms with Crippen LogP contribution in [0.4, 0.5) is 4.79 Å². The molecule has 16 heavy (non-hydrogen) atoms. The van der Waals surface area contributed by atoms with E-state index in [0.717, 1.165) is 0 Å². The normalized spacial score (nSPS) is 11.8. The van der Waals surface area contributed by atoms with Crippen LogP contribution >= 0.6 is 0 Å². The van der Waals surface area contributed by atoms with Crippen molar-refractivity contribution in [3.63, 3.8) is 0 Å². The Morgan fingerprint density at radius 2 is 2.31 bits per heavy atom. The quantitative estimate of drug-likeness (QED) is 0.397. The molecule has 0 spiro atoms. The SMILES string of the molecule is O=C(NCc1ncn[nH]1)NC(CO)C(=O)O. The van der Waals surface area contributed by atoms with Gasteiger partial charge in [0, 0.05) is 0 Å². The molecule has 1 heterocycles. The second kappa shape index (κ2) is 5.66. The van der Waals surface area contributed by atoms with Gasteiger partial charge in [-0.3, -0.25) is 5.10 Å². The first-order chi connectivity index (χ1) is 7.63. The summed E-state index contributed by atoms with van der Waals surface area (Å²) in [5, 5.41) is 27.7. The van der Waals surface area contributed by atoms with Crippen LogP contribution in [0, 0.1) is 0 Å². The van der Waals surface area contributed by atoms with Crippen molar-refractivity contribution < 1.29 is 19.8 Å². The molecule has 0 saturated heterocycles. The lowest BCUT2D eigenvalue weighted by Gasteiger charge is -2.11. The molecule has 9 heteroatoms. The highest BCUT2D eigenvalue weighted by atomic mass is 16.4.